The van der Waals surface area contributed by atoms with Crippen LogP contribution in [-0.2, 0) is 29.1 Å². The Labute approximate surface area is 276 Å². The molecule has 0 radical (unpaired) electrons. The first kappa shape index (κ1) is 33.6. The Bertz CT molecular complexity index is 1690. The second-order valence-electron chi connectivity index (χ2n) is 13.0. The molecule has 3 fully saturated rings. The topological polar surface area (TPSA) is 173 Å². The number of ether oxygens (including phenoxy) is 2. The van der Waals surface area contributed by atoms with Gasteiger partial charge < -0.3 is 25.0 Å². The summed E-state index contributed by atoms with van der Waals surface area (Å²) in [6.45, 7) is 10.3. The van der Waals surface area contributed by atoms with Gasteiger partial charge in [-0.1, -0.05) is 28.1 Å². The van der Waals surface area contributed by atoms with Crippen molar-refractivity contribution in [1.29, 1.82) is 0 Å². The van der Waals surface area contributed by atoms with Crippen LogP contribution in [0, 0.1) is 5.92 Å². The molecular formula is C31H38BrN5O8S. The fourth-order valence-electron chi connectivity index (χ4n) is 5.55. The molecule has 1 aromatic heterocycles. The number of nitrogens with zero attached hydrogens (tertiary/aromatic N) is 2. The van der Waals surface area contributed by atoms with Crippen molar-refractivity contribution in [2.75, 3.05) is 6.54 Å². The Kier molecular flexibility index (Phi) is 9.12. The number of rotatable bonds is 10. The quantitative estimate of drug-likeness (QED) is 0.312. The van der Waals surface area contributed by atoms with Gasteiger partial charge in [0.1, 0.15) is 29.3 Å². The molecule has 5 atom stereocenters. The molecule has 0 bridgehead atoms. The minimum absolute atomic E-state index is 0.0243. The third-order valence-electron chi connectivity index (χ3n) is 8.17. The summed E-state index contributed by atoms with van der Waals surface area (Å²) in [5.41, 5.74) is -2.32. The number of alkyl carbamates (subject to hydrolysis) is 1. The zero-order valence-electron chi connectivity index (χ0n) is 26.0. The first-order chi connectivity index (χ1) is 21.5. The molecule has 2 aromatic rings. The number of likely N-dealkylation sites (tertiary alicyclic amines) is 1. The molecule has 4 amide bonds. The molecule has 2 heterocycles. The van der Waals surface area contributed by atoms with E-state index in [1.54, 1.807) is 27.0 Å². The van der Waals surface area contributed by atoms with Gasteiger partial charge in [0, 0.05) is 28.4 Å². The summed E-state index contributed by atoms with van der Waals surface area (Å²) in [5.74, 6) is -2.27. The van der Waals surface area contributed by atoms with Crippen molar-refractivity contribution < 1.29 is 37.1 Å². The van der Waals surface area contributed by atoms with Gasteiger partial charge in [0.05, 0.1) is 11.8 Å². The number of benzene rings is 1. The Hall–Kier alpha value is -3.72. The van der Waals surface area contributed by atoms with E-state index in [-0.39, 0.29) is 19.4 Å². The van der Waals surface area contributed by atoms with Gasteiger partial charge >= 0.3 is 6.09 Å². The van der Waals surface area contributed by atoms with Gasteiger partial charge in [0.15, 0.2) is 0 Å². The van der Waals surface area contributed by atoms with E-state index in [1.165, 1.54) is 17.9 Å². The summed E-state index contributed by atoms with van der Waals surface area (Å²) >= 11 is 3.46. The van der Waals surface area contributed by atoms with Crippen molar-refractivity contribution in [3.8, 4) is 5.88 Å². The van der Waals surface area contributed by atoms with Crippen LogP contribution in [0.25, 0.3) is 10.8 Å². The summed E-state index contributed by atoms with van der Waals surface area (Å²) in [4.78, 5) is 59.1. The van der Waals surface area contributed by atoms with Gasteiger partial charge in [0.25, 0.3) is 5.91 Å². The average molecular weight is 721 g/mol. The van der Waals surface area contributed by atoms with Crippen LogP contribution >= 0.6 is 15.9 Å². The maximum absolute atomic E-state index is 13.9. The number of carbonyl (C=O) groups is 4. The van der Waals surface area contributed by atoms with E-state index < -0.39 is 74.3 Å². The first-order valence-corrected chi connectivity index (χ1v) is 17.4. The lowest BCUT2D eigenvalue weighted by molar-refractivity contribution is -0.140. The molecule has 0 spiro atoms. The second-order valence-corrected chi connectivity index (χ2v) is 15.9. The van der Waals surface area contributed by atoms with Gasteiger partial charge in [-0.2, -0.15) is 0 Å². The van der Waals surface area contributed by atoms with Crippen LogP contribution in [0.15, 0.2) is 47.6 Å². The van der Waals surface area contributed by atoms with E-state index >= 15 is 0 Å². The molecule has 3 aliphatic rings. The van der Waals surface area contributed by atoms with Crippen LogP contribution in [0.2, 0.25) is 0 Å². The maximum atomic E-state index is 13.9. The van der Waals surface area contributed by atoms with Gasteiger partial charge in [-0.3, -0.25) is 19.1 Å². The molecule has 1 aliphatic heterocycles. The van der Waals surface area contributed by atoms with Crippen LogP contribution < -0.4 is 20.1 Å². The molecular weight excluding hydrogens is 682 g/mol. The smallest absolute Gasteiger partial charge is 0.408 e. The fourth-order valence-corrected chi connectivity index (χ4v) is 7.28. The number of aromatic nitrogens is 1. The molecule has 3 N–H and O–H groups in total. The van der Waals surface area contributed by atoms with Crippen molar-refractivity contribution >= 4 is 60.5 Å². The minimum atomic E-state index is -3.87. The molecule has 1 saturated heterocycles. The summed E-state index contributed by atoms with van der Waals surface area (Å²) in [5, 5.41) is 6.23. The first-order valence-electron chi connectivity index (χ1n) is 15.0. The number of carbonyl (C=O) groups excluding carboxylic acids is 4. The molecule has 248 valence electrons. The molecule has 15 heteroatoms. The highest BCUT2D eigenvalue weighted by atomic mass is 79.9. The van der Waals surface area contributed by atoms with Crippen LogP contribution in [0.1, 0.15) is 53.4 Å². The van der Waals surface area contributed by atoms with E-state index in [0.717, 1.165) is 15.2 Å². The lowest BCUT2D eigenvalue weighted by Gasteiger charge is -2.29. The van der Waals surface area contributed by atoms with Crippen molar-refractivity contribution in [3.63, 3.8) is 0 Å². The monoisotopic (exact) mass is 719 g/mol. The van der Waals surface area contributed by atoms with E-state index in [9.17, 15) is 27.6 Å². The molecule has 46 heavy (non-hydrogen) atoms. The van der Waals surface area contributed by atoms with Crippen LogP contribution in [0.3, 0.4) is 0 Å². The summed E-state index contributed by atoms with van der Waals surface area (Å²) < 4.78 is 39.6. The van der Waals surface area contributed by atoms with E-state index in [4.69, 9.17) is 9.47 Å². The van der Waals surface area contributed by atoms with Crippen molar-refractivity contribution in [2.45, 2.75) is 88.0 Å². The summed E-state index contributed by atoms with van der Waals surface area (Å²) in [6.07, 6.45) is 2.73. The standard InChI is InChI=1S/C31H38BrN5O8S/c1-6-19-15-31(19,28(40)36-46(42,43)22-9-10-22)35-25(38)24-14-21(44-26-23-13-20(32)8-7-18(23)11-12-33-26)16-37(24)27(39)17(2)34-29(41)45-30(3,4)5/h6-8,11-13,17,19,21-22,24H,1,9-10,14-16H2,2-5H3,(H,34,41)(H,35,38)(H,36,40)/t17-,19-,21-,24+,31-/m1/s1. The average Bonchev–Trinajstić information content (AvgIpc) is 3.89. The zero-order chi connectivity index (χ0) is 33.6. The molecule has 13 nitrogen and oxygen atoms in total. The number of nitrogens with one attached hydrogen (secondary N) is 3. The highest BCUT2D eigenvalue weighted by molar-refractivity contribution is 9.10. The lowest BCUT2D eigenvalue weighted by Crippen LogP contribution is -2.58. The number of amides is 4. The minimum Gasteiger partial charge on any atom is -0.472 e. The van der Waals surface area contributed by atoms with E-state index in [0.29, 0.717) is 18.7 Å². The second kappa shape index (κ2) is 12.5. The van der Waals surface area contributed by atoms with Crippen LogP contribution in [0.4, 0.5) is 4.79 Å². The van der Waals surface area contributed by atoms with Gasteiger partial charge in [-0.15, -0.1) is 6.58 Å². The third kappa shape index (κ3) is 7.30. The Morgan fingerprint density at radius 2 is 1.91 bits per heavy atom. The van der Waals surface area contributed by atoms with Crippen molar-refractivity contribution in [2.24, 2.45) is 5.92 Å². The van der Waals surface area contributed by atoms with E-state index in [1.807, 2.05) is 24.3 Å². The third-order valence-corrected chi connectivity index (χ3v) is 10.5. The zero-order valence-corrected chi connectivity index (χ0v) is 28.4. The van der Waals surface area contributed by atoms with E-state index in [2.05, 4.69) is 42.8 Å². The van der Waals surface area contributed by atoms with Crippen molar-refractivity contribution in [3.05, 3.63) is 47.6 Å². The Morgan fingerprint density at radius 1 is 1.20 bits per heavy atom. The maximum Gasteiger partial charge on any atom is 0.408 e. The number of halogens is 1. The molecule has 0 unspecified atom stereocenters. The van der Waals surface area contributed by atoms with Crippen molar-refractivity contribution in [1.82, 2.24) is 25.2 Å². The molecule has 2 aliphatic carbocycles. The molecule has 1 aromatic carbocycles. The Balaban J connectivity index is 1.38. The number of pyridine rings is 1. The van der Waals surface area contributed by atoms with Gasteiger partial charge in [-0.05, 0) is 70.5 Å². The van der Waals surface area contributed by atoms with Crippen LogP contribution in [-0.4, -0.2) is 83.2 Å². The number of hydrogen-bond acceptors (Lipinski definition) is 9. The molecule has 2 saturated carbocycles. The highest BCUT2D eigenvalue weighted by Crippen LogP contribution is 2.45. The number of fused-ring (bicyclic) bond motifs is 1. The summed E-state index contributed by atoms with van der Waals surface area (Å²) in [6, 6.07) is 5.29. The predicted molar refractivity (Wildman–Crippen MR) is 172 cm³/mol. The SMILES string of the molecule is C=C[C@@H]1C[C@]1(NC(=O)[C@@H]1C[C@@H](Oc2nccc3ccc(Br)cc23)CN1C(=O)[C@@H](C)NC(=O)OC(C)(C)C)C(=O)NS(=O)(=O)C1CC1. The molecule has 5 rings (SSSR count). The predicted octanol–water partition coefficient (Wildman–Crippen LogP) is 2.93. The normalized spacial score (nSPS) is 24.9. The lowest BCUT2D eigenvalue weighted by atomic mass is 10.1. The number of hydrogen-bond donors (Lipinski definition) is 3. The van der Waals surface area contributed by atoms with Gasteiger partial charge in [0.2, 0.25) is 27.7 Å². The summed E-state index contributed by atoms with van der Waals surface area (Å²) in [7, 11) is -3.87. The van der Waals surface area contributed by atoms with Gasteiger partial charge in [-0.25, -0.2) is 18.2 Å². The fraction of sp³-hybridized carbons (Fsp3) is 0.516. The highest BCUT2D eigenvalue weighted by Gasteiger charge is 2.62. The Morgan fingerprint density at radius 3 is 2.54 bits per heavy atom. The number of sulfonamides is 1. The van der Waals surface area contributed by atoms with Crippen LogP contribution in [0.5, 0.6) is 5.88 Å². The largest absolute Gasteiger partial charge is 0.472 e.